The van der Waals surface area contributed by atoms with Crippen molar-refractivity contribution in [1.29, 1.82) is 0 Å². The van der Waals surface area contributed by atoms with Crippen molar-refractivity contribution < 1.29 is 9.53 Å². The molecule has 1 amide bonds. The van der Waals surface area contributed by atoms with Gasteiger partial charge in [0, 0.05) is 44.3 Å². The number of piperazine rings is 1. The van der Waals surface area contributed by atoms with Crippen molar-refractivity contribution >= 4 is 55.0 Å². The molecule has 1 aliphatic heterocycles. The zero-order chi connectivity index (χ0) is 23.7. The highest BCUT2D eigenvalue weighted by atomic mass is 35.5. The normalized spacial score (nSPS) is 14.6. The van der Waals surface area contributed by atoms with Crippen LogP contribution < -0.4 is 15.0 Å². The molecular weight excluding hydrogens is 468 g/mol. The standard InChI is InChI=1S/C26H27ClN4O2S/c1-17-21(27)7-8-23-24(17)29-26(34-23)31-13-11-30(12-14-31)10-9-28-25(32)20-15-18-5-3-4-6-19(18)16-22(20)33-2/h3-8,15-16H,9-14H2,1-2H3,(H,28,32). The maximum Gasteiger partial charge on any atom is 0.255 e. The van der Waals surface area contributed by atoms with Gasteiger partial charge in [0.2, 0.25) is 0 Å². The van der Waals surface area contributed by atoms with E-state index in [1.807, 2.05) is 49.4 Å². The molecule has 1 aromatic heterocycles. The number of anilines is 1. The molecule has 6 nitrogen and oxygen atoms in total. The van der Waals surface area contributed by atoms with Crippen LogP contribution in [-0.2, 0) is 0 Å². The zero-order valence-corrected chi connectivity index (χ0v) is 20.9. The maximum absolute atomic E-state index is 12.8. The zero-order valence-electron chi connectivity index (χ0n) is 19.3. The SMILES string of the molecule is COc1cc2ccccc2cc1C(=O)NCCN1CCN(c2nc3c(C)c(Cl)ccc3s2)CC1. The molecule has 0 saturated carbocycles. The van der Waals surface area contributed by atoms with Crippen molar-refractivity contribution in [2.24, 2.45) is 0 Å². The number of hydrogen-bond donors (Lipinski definition) is 1. The molecule has 0 bridgehead atoms. The van der Waals surface area contributed by atoms with Gasteiger partial charge in [0.15, 0.2) is 5.13 Å². The fourth-order valence-corrected chi connectivity index (χ4v) is 5.60. The third kappa shape index (κ3) is 4.56. The fourth-order valence-electron chi connectivity index (χ4n) is 4.38. The van der Waals surface area contributed by atoms with Crippen LogP contribution in [-0.4, -0.2) is 62.2 Å². The number of carbonyl (C=O) groups excluding carboxylic acids is 1. The third-order valence-electron chi connectivity index (χ3n) is 6.41. The topological polar surface area (TPSA) is 57.7 Å². The molecule has 0 radical (unpaired) electrons. The summed E-state index contributed by atoms with van der Waals surface area (Å²) in [6.07, 6.45) is 0. The second kappa shape index (κ2) is 9.78. The highest BCUT2D eigenvalue weighted by Gasteiger charge is 2.21. The Morgan fingerprint density at radius 1 is 1.12 bits per heavy atom. The predicted octanol–water partition coefficient (Wildman–Crippen LogP) is 4.97. The molecule has 1 fully saturated rings. The molecule has 0 aliphatic carbocycles. The number of ether oxygens (including phenoxy) is 1. The number of amides is 1. The van der Waals surface area contributed by atoms with Crippen LogP contribution in [0, 0.1) is 6.92 Å². The molecule has 3 aromatic carbocycles. The Kier molecular flexibility index (Phi) is 6.59. The van der Waals surface area contributed by atoms with Gasteiger partial charge in [0.25, 0.3) is 5.91 Å². The number of benzene rings is 3. The van der Waals surface area contributed by atoms with Crippen molar-refractivity contribution in [3.8, 4) is 5.75 Å². The van der Waals surface area contributed by atoms with Gasteiger partial charge in [-0.05, 0) is 47.5 Å². The Hall–Kier alpha value is -2.87. The van der Waals surface area contributed by atoms with Crippen molar-refractivity contribution in [3.63, 3.8) is 0 Å². The van der Waals surface area contributed by atoms with E-state index in [1.54, 1.807) is 18.4 Å². The summed E-state index contributed by atoms with van der Waals surface area (Å²) < 4.78 is 6.64. The number of methoxy groups -OCH3 is 1. The molecule has 1 aliphatic rings. The largest absolute Gasteiger partial charge is 0.496 e. The minimum Gasteiger partial charge on any atom is -0.496 e. The van der Waals surface area contributed by atoms with Gasteiger partial charge in [-0.3, -0.25) is 9.69 Å². The van der Waals surface area contributed by atoms with Crippen LogP contribution in [0.4, 0.5) is 5.13 Å². The van der Waals surface area contributed by atoms with Gasteiger partial charge in [0.05, 0.1) is 22.9 Å². The number of carbonyl (C=O) groups is 1. The molecule has 2 heterocycles. The van der Waals surface area contributed by atoms with Crippen molar-refractivity contribution in [2.75, 3.05) is 51.3 Å². The summed E-state index contributed by atoms with van der Waals surface area (Å²) in [6.45, 7) is 7.12. The maximum atomic E-state index is 12.8. The molecule has 4 aromatic rings. The van der Waals surface area contributed by atoms with E-state index in [4.69, 9.17) is 21.3 Å². The Bertz CT molecular complexity index is 1350. The number of aryl methyl sites for hydroxylation is 1. The van der Waals surface area contributed by atoms with Gasteiger partial charge in [-0.1, -0.05) is 47.2 Å². The molecule has 1 saturated heterocycles. The summed E-state index contributed by atoms with van der Waals surface area (Å²) in [5, 5.41) is 6.96. The first kappa shape index (κ1) is 22.9. The smallest absolute Gasteiger partial charge is 0.255 e. The highest BCUT2D eigenvalue weighted by Crippen LogP contribution is 2.33. The van der Waals surface area contributed by atoms with E-state index in [1.165, 1.54) is 4.70 Å². The number of nitrogens with one attached hydrogen (secondary N) is 1. The molecular formula is C26H27ClN4O2S. The molecule has 34 heavy (non-hydrogen) atoms. The van der Waals surface area contributed by atoms with Crippen LogP contribution in [0.5, 0.6) is 5.75 Å². The number of rotatable bonds is 6. The summed E-state index contributed by atoms with van der Waals surface area (Å²) >= 11 is 7.98. The minimum absolute atomic E-state index is 0.107. The van der Waals surface area contributed by atoms with E-state index in [-0.39, 0.29) is 5.91 Å². The Morgan fingerprint density at radius 2 is 1.85 bits per heavy atom. The first-order chi connectivity index (χ1) is 16.5. The lowest BCUT2D eigenvalue weighted by atomic mass is 10.1. The van der Waals surface area contributed by atoms with Crippen molar-refractivity contribution in [1.82, 2.24) is 15.2 Å². The Labute approximate surface area is 208 Å². The number of hydrogen-bond acceptors (Lipinski definition) is 6. The summed E-state index contributed by atoms with van der Waals surface area (Å²) in [5.74, 6) is 0.488. The van der Waals surface area contributed by atoms with E-state index >= 15 is 0 Å². The quantitative estimate of drug-likeness (QED) is 0.410. The summed E-state index contributed by atoms with van der Waals surface area (Å²) in [6, 6.07) is 15.8. The van der Waals surface area contributed by atoms with Crippen molar-refractivity contribution in [2.45, 2.75) is 6.92 Å². The van der Waals surface area contributed by atoms with Crippen molar-refractivity contribution in [3.05, 3.63) is 64.7 Å². The van der Waals surface area contributed by atoms with Gasteiger partial charge in [-0.2, -0.15) is 0 Å². The van der Waals surface area contributed by atoms with Gasteiger partial charge < -0.3 is 15.0 Å². The average Bonchev–Trinajstić information content (AvgIpc) is 3.31. The lowest BCUT2D eigenvalue weighted by molar-refractivity contribution is 0.0945. The molecule has 5 rings (SSSR count). The lowest BCUT2D eigenvalue weighted by Gasteiger charge is -2.34. The Balaban J connectivity index is 1.15. The summed E-state index contributed by atoms with van der Waals surface area (Å²) in [7, 11) is 1.60. The van der Waals surface area contributed by atoms with Crippen LogP contribution >= 0.6 is 22.9 Å². The van der Waals surface area contributed by atoms with E-state index < -0.39 is 0 Å². The minimum atomic E-state index is -0.107. The number of fused-ring (bicyclic) bond motifs is 2. The van der Waals surface area contributed by atoms with E-state index in [0.29, 0.717) is 17.9 Å². The fraction of sp³-hybridized carbons (Fsp3) is 0.308. The van der Waals surface area contributed by atoms with E-state index in [0.717, 1.165) is 64.7 Å². The third-order valence-corrected chi connectivity index (χ3v) is 7.90. The number of halogens is 1. The molecule has 0 unspecified atom stereocenters. The second-order valence-electron chi connectivity index (χ2n) is 8.50. The monoisotopic (exact) mass is 494 g/mol. The number of aromatic nitrogens is 1. The van der Waals surface area contributed by atoms with Gasteiger partial charge in [-0.15, -0.1) is 0 Å². The van der Waals surface area contributed by atoms with Crippen LogP contribution in [0.2, 0.25) is 5.02 Å². The highest BCUT2D eigenvalue weighted by molar-refractivity contribution is 7.22. The van der Waals surface area contributed by atoms with Crippen LogP contribution in [0.3, 0.4) is 0 Å². The molecule has 0 atom stereocenters. The number of thiazole rings is 1. The predicted molar refractivity (Wildman–Crippen MR) is 141 cm³/mol. The first-order valence-electron chi connectivity index (χ1n) is 11.4. The number of nitrogens with zero attached hydrogens (tertiary/aromatic N) is 3. The van der Waals surface area contributed by atoms with Crippen LogP contribution in [0.25, 0.3) is 21.0 Å². The lowest BCUT2D eigenvalue weighted by Crippen LogP contribution is -2.48. The molecule has 0 spiro atoms. The van der Waals surface area contributed by atoms with Gasteiger partial charge in [0.1, 0.15) is 5.75 Å². The van der Waals surface area contributed by atoms with Gasteiger partial charge in [-0.25, -0.2) is 4.98 Å². The molecule has 1 N–H and O–H groups in total. The second-order valence-corrected chi connectivity index (χ2v) is 9.92. The molecule has 8 heteroatoms. The summed E-state index contributed by atoms with van der Waals surface area (Å²) in [4.78, 5) is 22.4. The summed E-state index contributed by atoms with van der Waals surface area (Å²) in [5.41, 5.74) is 2.61. The van der Waals surface area contributed by atoms with Crippen LogP contribution in [0.15, 0.2) is 48.5 Å². The molecule has 176 valence electrons. The van der Waals surface area contributed by atoms with Crippen LogP contribution in [0.1, 0.15) is 15.9 Å². The average molecular weight is 495 g/mol. The first-order valence-corrected chi connectivity index (χ1v) is 12.6. The van der Waals surface area contributed by atoms with E-state index in [2.05, 4.69) is 21.2 Å². The Morgan fingerprint density at radius 3 is 2.59 bits per heavy atom. The van der Waals surface area contributed by atoms with E-state index in [9.17, 15) is 4.79 Å². The van der Waals surface area contributed by atoms with Gasteiger partial charge >= 0.3 is 0 Å².